The minimum atomic E-state index is -0.221. The summed E-state index contributed by atoms with van der Waals surface area (Å²) in [5.74, 6) is 0.330. The molecule has 0 amide bonds. The second kappa shape index (κ2) is 3.80. The van der Waals surface area contributed by atoms with Crippen molar-refractivity contribution in [3.8, 4) is 0 Å². The van der Waals surface area contributed by atoms with Crippen molar-refractivity contribution in [3.05, 3.63) is 0 Å². The van der Waals surface area contributed by atoms with E-state index in [4.69, 9.17) is 9.47 Å². The van der Waals surface area contributed by atoms with Crippen molar-refractivity contribution in [3.63, 3.8) is 0 Å². The van der Waals surface area contributed by atoms with Gasteiger partial charge < -0.3 is 9.47 Å². The highest BCUT2D eigenvalue weighted by Gasteiger charge is 2.78. The molecule has 1 aliphatic heterocycles. The van der Waals surface area contributed by atoms with Crippen LogP contribution in [0.25, 0.3) is 0 Å². The molecule has 4 nitrogen and oxygen atoms in total. The van der Waals surface area contributed by atoms with Crippen molar-refractivity contribution in [2.45, 2.75) is 46.0 Å². The zero-order valence-corrected chi connectivity index (χ0v) is 11.3. The predicted molar refractivity (Wildman–Crippen MR) is 63.7 cm³/mol. The Morgan fingerprint density at radius 2 is 1.83 bits per heavy atom. The van der Waals surface area contributed by atoms with Crippen LogP contribution in [0.4, 0.5) is 0 Å². The average molecular weight is 252 g/mol. The first-order chi connectivity index (χ1) is 8.43. The number of carbonyl (C=O) groups is 2. The minimum absolute atomic E-state index is 0.0246. The molecule has 18 heavy (non-hydrogen) atoms. The number of esters is 1. The molecule has 1 saturated heterocycles. The number of hydrogen-bond donors (Lipinski definition) is 0. The Morgan fingerprint density at radius 1 is 1.22 bits per heavy atom. The molecule has 0 N–H and O–H groups in total. The summed E-state index contributed by atoms with van der Waals surface area (Å²) in [6.07, 6.45) is -0.225. The molecule has 3 fully saturated rings. The van der Waals surface area contributed by atoms with E-state index in [1.54, 1.807) is 0 Å². The van der Waals surface area contributed by atoms with Crippen LogP contribution in [0.1, 0.15) is 27.7 Å². The van der Waals surface area contributed by atoms with Gasteiger partial charge in [-0.25, -0.2) is 0 Å². The van der Waals surface area contributed by atoms with E-state index in [0.717, 1.165) is 0 Å². The lowest BCUT2D eigenvalue weighted by atomic mass is 9.96. The maximum atomic E-state index is 12.1. The van der Waals surface area contributed by atoms with Crippen LogP contribution in [-0.2, 0) is 19.1 Å². The Kier molecular flexibility index (Phi) is 2.56. The summed E-state index contributed by atoms with van der Waals surface area (Å²) < 4.78 is 10.8. The van der Waals surface area contributed by atoms with Crippen LogP contribution in [0.3, 0.4) is 0 Å². The molecule has 100 valence electrons. The molecule has 2 aliphatic carbocycles. The van der Waals surface area contributed by atoms with E-state index in [-0.39, 0.29) is 47.8 Å². The summed E-state index contributed by atoms with van der Waals surface area (Å²) in [5, 5.41) is 0. The molecule has 1 heterocycles. The quantitative estimate of drug-likeness (QED) is 0.561. The molecule has 5 atom stereocenters. The lowest BCUT2D eigenvalue weighted by molar-refractivity contribution is -0.157. The molecule has 3 aliphatic rings. The monoisotopic (exact) mass is 252 g/mol. The first-order valence-corrected chi connectivity index (χ1v) is 6.83. The largest absolute Gasteiger partial charge is 0.462 e. The maximum absolute atomic E-state index is 12.1. The normalized spacial score (nSPS) is 40.2. The van der Waals surface area contributed by atoms with Crippen LogP contribution < -0.4 is 0 Å². The maximum Gasteiger partial charge on any atom is 0.310 e. The fourth-order valence-corrected chi connectivity index (χ4v) is 3.50. The van der Waals surface area contributed by atoms with Gasteiger partial charge in [0, 0.05) is 11.8 Å². The van der Waals surface area contributed by atoms with Gasteiger partial charge in [-0.15, -0.1) is 0 Å². The molecule has 0 unspecified atom stereocenters. The average Bonchev–Trinajstić information content (AvgIpc) is 3.12. The zero-order chi connectivity index (χ0) is 13.2. The Balaban J connectivity index is 1.62. The number of Topliss-reactive ketones (excluding diaryl/α,β-unsaturated/α-hetero) is 1. The van der Waals surface area contributed by atoms with E-state index >= 15 is 0 Å². The number of ketones is 1. The summed E-state index contributed by atoms with van der Waals surface area (Å²) in [7, 11) is 0. The first kappa shape index (κ1) is 12.2. The minimum Gasteiger partial charge on any atom is -0.462 e. The fourth-order valence-electron chi connectivity index (χ4n) is 3.50. The van der Waals surface area contributed by atoms with Gasteiger partial charge in [0.15, 0.2) is 5.78 Å². The van der Waals surface area contributed by atoms with Gasteiger partial charge in [-0.2, -0.15) is 0 Å². The van der Waals surface area contributed by atoms with Crippen molar-refractivity contribution in [2.75, 3.05) is 0 Å². The summed E-state index contributed by atoms with van der Waals surface area (Å²) in [6.45, 7) is 8.21. The SMILES string of the molecule is CC(C)C(OC(=O)[C@@H]1[C@H]2C(=O)[C@@H]3O[C@@H]3[C@@H]12)C(C)C. The summed E-state index contributed by atoms with van der Waals surface area (Å²) in [4.78, 5) is 23.8. The molecular formula is C14H20O4. The van der Waals surface area contributed by atoms with Crippen LogP contribution in [0, 0.1) is 29.6 Å². The van der Waals surface area contributed by atoms with E-state index in [1.807, 2.05) is 0 Å². The molecule has 0 aromatic carbocycles. The van der Waals surface area contributed by atoms with Crippen molar-refractivity contribution < 1.29 is 19.1 Å². The third-order valence-corrected chi connectivity index (χ3v) is 4.43. The number of hydrogen-bond acceptors (Lipinski definition) is 4. The van der Waals surface area contributed by atoms with Gasteiger partial charge in [-0.1, -0.05) is 27.7 Å². The number of epoxide rings is 1. The Morgan fingerprint density at radius 3 is 2.28 bits per heavy atom. The lowest BCUT2D eigenvalue weighted by Crippen LogP contribution is -2.30. The van der Waals surface area contributed by atoms with E-state index < -0.39 is 0 Å². The summed E-state index contributed by atoms with van der Waals surface area (Å²) >= 11 is 0. The number of ether oxygens (including phenoxy) is 2. The third-order valence-electron chi connectivity index (χ3n) is 4.43. The predicted octanol–water partition coefficient (Wildman–Crippen LogP) is 1.42. The number of fused-ring (bicyclic) bond motifs is 3. The molecule has 0 radical (unpaired) electrons. The van der Waals surface area contributed by atoms with Gasteiger partial charge in [-0.3, -0.25) is 9.59 Å². The van der Waals surface area contributed by atoms with Gasteiger partial charge in [-0.05, 0) is 11.8 Å². The summed E-state index contributed by atoms with van der Waals surface area (Å²) in [5.41, 5.74) is 0. The van der Waals surface area contributed by atoms with Crippen LogP contribution in [0.5, 0.6) is 0 Å². The highest BCUT2D eigenvalue weighted by atomic mass is 16.6. The molecule has 2 saturated carbocycles. The van der Waals surface area contributed by atoms with Gasteiger partial charge in [0.25, 0.3) is 0 Å². The van der Waals surface area contributed by atoms with Crippen molar-refractivity contribution >= 4 is 11.8 Å². The molecule has 0 bridgehead atoms. The number of rotatable bonds is 4. The zero-order valence-electron chi connectivity index (χ0n) is 11.3. The van der Waals surface area contributed by atoms with Crippen molar-refractivity contribution in [1.29, 1.82) is 0 Å². The Labute approximate surface area is 107 Å². The fraction of sp³-hybridized carbons (Fsp3) is 0.857. The smallest absolute Gasteiger partial charge is 0.310 e. The van der Waals surface area contributed by atoms with Gasteiger partial charge >= 0.3 is 5.97 Å². The standard InChI is InChI=1S/C14H20O4/c1-5(2)11(6(3)4)18-14(16)9-7-8(9)12-13(17-12)10(7)15/h5-9,11-13H,1-4H3/t7-,8+,9+,12+,13-/m0/s1. The number of carbonyl (C=O) groups excluding carboxylic acids is 2. The lowest BCUT2D eigenvalue weighted by Gasteiger charge is -2.25. The topological polar surface area (TPSA) is 55.9 Å². The second-order valence-electron chi connectivity index (χ2n) is 6.44. The first-order valence-electron chi connectivity index (χ1n) is 6.83. The van der Waals surface area contributed by atoms with E-state index in [9.17, 15) is 9.59 Å². The van der Waals surface area contributed by atoms with Gasteiger partial charge in [0.2, 0.25) is 0 Å². The molecule has 4 heteroatoms. The van der Waals surface area contributed by atoms with Gasteiger partial charge in [0.05, 0.1) is 12.0 Å². The molecule has 0 aromatic heterocycles. The van der Waals surface area contributed by atoms with Crippen molar-refractivity contribution in [2.24, 2.45) is 29.6 Å². The summed E-state index contributed by atoms with van der Waals surface area (Å²) in [6, 6.07) is 0. The van der Waals surface area contributed by atoms with Crippen LogP contribution in [0.2, 0.25) is 0 Å². The molecular weight excluding hydrogens is 232 g/mol. The van der Waals surface area contributed by atoms with Crippen LogP contribution in [0.15, 0.2) is 0 Å². The Bertz CT molecular complexity index is 393. The van der Waals surface area contributed by atoms with E-state index in [1.165, 1.54) is 0 Å². The highest BCUT2D eigenvalue weighted by molar-refractivity contribution is 6.00. The van der Waals surface area contributed by atoms with Crippen LogP contribution >= 0.6 is 0 Å². The van der Waals surface area contributed by atoms with Gasteiger partial charge in [0.1, 0.15) is 12.2 Å². The van der Waals surface area contributed by atoms with Crippen molar-refractivity contribution in [1.82, 2.24) is 0 Å². The molecule has 0 aromatic rings. The molecule has 0 spiro atoms. The molecule has 3 rings (SSSR count). The highest BCUT2D eigenvalue weighted by Crippen LogP contribution is 2.63. The second-order valence-corrected chi connectivity index (χ2v) is 6.44. The van der Waals surface area contributed by atoms with Crippen LogP contribution in [-0.4, -0.2) is 30.1 Å². The Hall–Kier alpha value is -0.900. The van der Waals surface area contributed by atoms with E-state index in [2.05, 4.69) is 27.7 Å². The third kappa shape index (κ3) is 1.62. The van der Waals surface area contributed by atoms with E-state index in [0.29, 0.717) is 11.8 Å².